The summed E-state index contributed by atoms with van der Waals surface area (Å²) >= 11 is 1.57. The molecule has 0 aromatic heterocycles. The zero-order chi connectivity index (χ0) is 13.5. The monoisotopic (exact) mass is 267 g/mol. The van der Waals surface area contributed by atoms with Gasteiger partial charge in [-0.15, -0.1) is 11.8 Å². The van der Waals surface area contributed by atoms with Gasteiger partial charge in [0.2, 0.25) is 5.91 Å². The third-order valence-corrected chi connectivity index (χ3v) is 3.93. The predicted octanol–water partition coefficient (Wildman–Crippen LogP) is 2.75. The Hall–Kier alpha value is -1.00. The fourth-order valence-electron chi connectivity index (χ4n) is 1.51. The zero-order valence-corrected chi connectivity index (χ0v) is 12.0. The number of carbonyl (C=O) groups is 1. The summed E-state index contributed by atoms with van der Waals surface area (Å²) in [6.45, 7) is 6.06. The van der Waals surface area contributed by atoms with Crippen molar-refractivity contribution in [2.24, 2.45) is 0 Å². The maximum absolute atomic E-state index is 12.0. The van der Waals surface area contributed by atoms with Gasteiger partial charge in [0, 0.05) is 12.3 Å². The van der Waals surface area contributed by atoms with Crippen molar-refractivity contribution < 1.29 is 9.90 Å². The highest BCUT2D eigenvalue weighted by atomic mass is 32.2. The minimum absolute atomic E-state index is 0.0200. The van der Waals surface area contributed by atoms with Crippen LogP contribution in [0.25, 0.3) is 0 Å². The highest BCUT2D eigenvalue weighted by molar-refractivity contribution is 8.00. The Bertz CT molecular complexity index is 407. The maximum atomic E-state index is 12.0. The van der Waals surface area contributed by atoms with E-state index in [0.29, 0.717) is 0 Å². The number of aliphatic hydroxyl groups is 1. The Morgan fingerprint density at radius 2 is 2.17 bits per heavy atom. The second-order valence-corrected chi connectivity index (χ2v) is 5.85. The smallest absolute Gasteiger partial charge is 0.237 e. The lowest BCUT2D eigenvalue weighted by molar-refractivity contribution is -0.115. The van der Waals surface area contributed by atoms with Gasteiger partial charge in [-0.1, -0.05) is 12.1 Å². The number of amides is 1. The third-order valence-electron chi connectivity index (χ3n) is 2.69. The molecule has 1 aromatic carbocycles. The third kappa shape index (κ3) is 4.70. The van der Waals surface area contributed by atoms with Gasteiger partial charge in [-0.05, 0) is 50.1 Å². The molecule has 0 saturated carbocycles. The van der Waals surface area contributed by atoms with E-state index in [0.717, 1.165) is 29.0 Å². The van der Waals surface area contributed by atoms with E-state index in [1.807, 2.05) is 39.0 Å². The van der Waals surface area contributed by atoms with Crippen molar-refractivity contribution in [3.05, 3.63) is 29.3 Å². The molecule has 1 rings (SSSR count). The summed E-state index contributed by atoms with van der Waals surface area (Å²) < 4.78 is 0. The lowest BCUT2D eigenvalue weighted by Crippen LogP contribution is -2.23. The molecule has 100 valence electrons. The molecule has 1 atom stereocenters. The standard InChI is InChI=1S/C14H21NO2S/c1-10-5-6-11(2)13(9-10)15-14(17)12(3)18-8-4-7-16/h5-6,9,12,16H,4,7-8H2,1-3H3,(H,15,17). The number of rotatable bonds is 6. The molecule has 0 spiro atoms. The van der Waals surface area contributed by atoms with E-state index in [4.69, 9.17) is 5.11 Å². The average Bonchev–Trinajstić information content (AvgIpc) is 2.34. The van der Waals surface area contributed by atoms with Crippen molar-refractivity contribution >= 4 is 23.4 Å². The van der Waals surface area contributed by atoms with Crippen LogP contribution in [-0.4, -0.2) is 28.6 Å². The molecule has 0 heterocycles. The SMILES string of the molecule is Cc1ccc(C)c(NC(=O)C(C)SCCCO)c1. The molecule has 0 aliphatic heterocycles. The summed E-state index contributed by atoms with van der Waals surface area (Å²) in [5, 5.41) is 11.6. The largest absolute Gasteiger partial charge is 0.396 e. The molecule has 3 nitrogen and oxygen atoms in total. The van der Waals surface area contributed by atoms with Crippen LogP contribution in [0.2, 0.25) is 0 Å². The topological polar surface area (TPSA) is 49.3 Å². The molecular formula is C14H21NO2S. The van der Waals surface area contributed by atoms with Gasteiger partial charge in [0.1, 0.15) is 0 Å². The second kappa shape index (κ2) is 7.44. The molecule has 4 heteroatoms. The van der Waals surface area contributed by atoms with Crippen LogP contribution in [0.5, 0.6) is 0 Å². The number of hydrogen-bond acceptors (Lipinski definition) is 3. The van der Waals surface area contributed by atoms with E-state index in [2.05, 4.69) is 5.32 Å². The molecule has 0 aliphatic rings. The van der Waals surface area contributed by atoms with Gasteiger partial charge >= 0.3 is 0 Å². The van der Waals surface area contributed by atoms with E-state index in [1.165, 1.54) is 0 Å². The first-order valence-electron chi connectivity index (χ1n) is 6.15. The number of carbonyl (C=O) groups excluding carboxylic acids is 1. The van der Waals surface area contributed by atoms with Crippen LogP contribution in [0.1, 0.15) is 24.5 Å². The Balaban J connectivity index is 2.55. The fraction of sp³-hybridized carbons (Fsp3) is 0.500. The molecule has 0 aliphatic carbocycles. The Kier molecular flexibility index (Phi) is 6.22. The van der Waals surface area contributed by atoms with E-state index in [1.54, 1.807) is 11.8 Å². The number of hydrogen-bond donors (Lipinski definition) is 2. The van der Waals surface area contributed by atoms with Crippen LogP contribution in [0, 0.1) is 13.8 Å². The van der Waals surface area contributed by atoms with Gasteiger partial charge in [0.15, 0.2) is 0 Å². The van der Waals surface area contributed by atoms with E-state index in [-0.39, 0.29) is 17.8 Å². The zero-order valence-electron chi connectivity index (χ0n) is 11.2. The first-order valence-corrected chi connectivity index (χ1v) is 7.20. The van der Waals surface area contributed by atoms with Crippen LogP contribution in [-0.2, 0) is 4.79 Å². The van der Waals surface area contributed by atoms with Crippen LogP contribution in [0.15, 0.2) is 18.2 Å². The minimum Gasteiger partial charge on any atom is -0.396 e. The Labute approximate surface area is 113 Å². The first-order chi connectivity index (χ1) is 8.54. The number of anilines is 1. The molecule has 2 N–H and O–H groups in total. The highest BCUT2D eigenvalue weighted by Crippen LogP contribution is 2.19. The van der Waals surface area contributed by atoms with Crippen LogP contribution in [0.4, 0.5) is 5.69 Å². The van der Waals surface area contributed by atoms with Gasteiger partial charge in [-0.3, -0.25) is 4.79 Å². The normalized spacial score (nSPS) is 12.2. The van der Waals surface area contributed by atoms with Gasteiger partial charge < -0.3 is 10.4 Å². The quantitative estimate of drug-likeness (QED) is 0.779. The molecule has 0 fully saturated rings. The number of benzene rings is 1. The molecule has 0 bridgehead atoms. The molecule has 1 unspecified atom stereocenters. The van der Waals surface area contributed by atoms with E-state index < -0.39 is 0 Å². The molecule has 0 saturated heterocycles. The first kappa shape index (κ1) is 15.1. The number of aryl methyl sites for hydroxylation is 2. The van der Waals surface area contributed by atoms with Crippen LogP contribution >= 0.6 is 11.8 Å². The predicted molar refractivity (Wildman–Crippen MR) is 78.2 cm³/mol. The maximum Gasteiger partial charge on any atom is 0.237 e. The van der Waals surface area contributed by atoms with E-state index >= 15 is 0 Å². The molecular weight excluding hydrogens is 246 g/mol. The summed E-state index contributed by atoms with van der Waals surface area (Å²) in [6.07, 6.45) is 0.728. The number of nitrogens with one attached hydrogen (secondary N) is 1. The fourth-order valence-corrected chi connectivity index (χ4v) is 2.36. The summed E-state index contributed by atoms with van der Waals surface area (Å²) in [5.41, 5.74) is 3.09. The molecule has 18 heavy (non-hydrogen) atoms. The average molecular weight is 267 g/mol. The van der Waals surface area contributed by atoms with Gasteiger partial charge in [-0.25, -0.2) is 0 Å². The van der Waals surface area contributed by atoms with Crippen molar-refractivity contribution in [1.29, 1.82) is 0 Å². The van der Waals surface area contributed by atoms with E-state index in [9.17, 15) is 4.79 Å². The minimum atomic E-state index is -0.100. The van der Waals surface area contributed by atoms with Gasteiger partial charge in [-0.2, -0.15) is 0 Å². The van der Waals surface area contributed by atoms with Crippen molar-refractivity contribution in [1.82, 2.24) is 0 Å². The Morgan fingerprint density at radius 1 is 1.44 bits per heavy atom. The van der Waals surface area contributed by atoms with Crippen molar-refractivity contribution in [3.63, 3.8) is 0 Å². The highest BCUT2D eigenvalue weighted by Gasteiger charge is 2.13. The summed E-state index contributed by atoms with van der Waals surface area (Å²) in [6, 6.07) is 6.03. The second-order valence-electron chi connectivity index (χ2n) is 4.40. The lowest BCUT2D eigenvalue weighted by atomic mass is 10.1. The molecule has 1 aromatic rings. The number of thioether (sulfide) groups is 1. The summed E-state index contributed by atoms with van der Waals surface area (Å²) in [7, 11) is 0. The molecule has 0 radical (unpaired) electrons. The van der Waals surface area contributed by atoms with Gasteiger partial charge in [0.25, 0.3) is 0 Å². The van der Waals surface area contributed by atoms with Crippen LogP contribution in [0.3, 0.4) is 0 Å². The summed E-state index contributed by atoms with van der Waals surface area (Å²) in [4.78, 5) is 12.0. The van der Waals surface area contributed by atoms with Crippen LogP contribution < -0.4 is 5.32 Å². The van der Waals surface area contributed by atoms with Crippen molar-refractivity contribution in [3.8, 4) is 0 Å². The lowest BCUT2D eigenvalue weighted by Gasteiger charge is -2.13. The Morgan fingerprint density at radius 3 is 2.83 bits per heavy atom. The summed E-state index contributed by atoms with van der Waals surface area (Å²) in [5.74, 6) is 0.823. The van der Waals surface area contributed by atoms with Gasteiger partial charge in [0.05, 0.1) is 5.25 Å². The van der Waals surface area contributed by atoms with Crippen molar-refractivity contribution in [2.75, 3.05) is 17.7 Å². The number of aliphatic hydroxyl groups excluding tert-OH is 1. The van der Waals surface area contributed by atoms with Crippen molar-refractivity contribution in [2.45, 2.75) is 32.4 Å². The molecule has 1 amide bonds.